The van der Waals surface area contributed by atoms with Crippen LogP contribution < -0.4 is 10.6 Å². The van der Waals surface area contributed by atoms with Gasteiger partial charge in [0.1, 0.15) is 4.60 Å². The highest BCUT2D eigenvalue weighted by Gasteiger charge is 2.41. The van der Waals surface area contributed by atoms with Crippen LogP contribution in [0.4, 0.5) is 5.95 Å². The molecule has 0 radical (unpaired) electrons. The number of nitrogens with one attached hydrogen (secondary N) is 2. The number of nitriles is 1. The summed E-state index contributed by atoms with van der Waals surface area (Å²) >= 11 is 3.51. The van der Waals surface area contributed by atoms with Crippen LogP contribution in [0.15, 0.2) is 39.5 Å². The van der Waals surface area contributed by atoms with E-state index < -0.39 is 5.41 Å². The summed E-state index contributed by atoms with van der Waals surface area (Å²) in [6.07, 6.45) is 4.44. The second-order valence-corrected chi connectivity index (χ2v) is 10.4. The van der Waals surface area contributed by atoms with Crippen molar-refractivity contribution < 1.29 is 9.21 Å². The topological polar surface area (TPSA) is 147 Å². The van der Waals surface area contributed by atoms with E-state index in [-0.39, 0.29) is 17.9 Å². The quantitative estimate of drug-likeness (QED) is 0.334. The molecule has 1 aliphatic carbocycles. The molecule has 2 N–H and O–H groups in total. The van der Waals surface area contributed by atoms with Crippen molar-refractivity contribution in [2.45, 2.75) is 51.5 Å². The molecule has 0 bridgehead atoms. The van der Waals surface area contributed by atoms with Crippen LogP contribution in [0.1, 0.15) is 51.3 Å². The van der Waals surface area contributed by atoms with Gasteiger partial charge in [0.25, 0.3) is 0 Å². The van der Waals surface area contributed by atoms with Crippen LogP contribution >= 0.6 is 15.9 Å². The Balaban J connectivity index is 1.38. The summed E-state index contributed by atoms with van der Waals surface area (Å²) in [5.41, 5.74) is 1.82. The van der Waals surface area contributed by atoms with Crippen LogP contribution in [-0.2, 0) is 4.79 Å². The number of rotatable bonds is 7. The third-order valence-corrected chi connectivity index (χ3v) is 7.43. The van der Waals surface area contributed by atoms with Crippen LogP contribution in [0.25, 0.3) is 28.2 Å². The first-order valence-corrected chi connectivity index (χ1v) is 12.8. The molecule has 1 amide bonds. The van der Waals surface area contributed by atoms with E-state index in [9.17, 15) is 4.79 Å². The highest BCUT2D eigenvalue weighted by atomic mass is 79.9. The lowest BCUT2D eigenvalue weighted by atomic mass is 9.87. The van der Waals surface area contributed by atoms with Gasteiger partial charge in [-0.1, -0.05) is 13.8 Å². The SMILES string of the molecule is CNC(=O)[C@]1(C)CC[C@@H](Nc2ncc3c(Br)nn(-c4ccc(-c5nnc(C(C)CC#N)o5)cc4)c3n2)C1. The molecule has 0 spiro atoms. The maximum absolute atomic E-state index is 12.3. The maximum Gasteiger partial charge on any atom is 0.247 e. The summed E-state index contributed by atoms with van der Waals surface area (Å²) in [6, 6.07) is 9.78. The van der Waals surface area contributed by atoms with Gasteiger partial charge < -0.3 is 15.1 Å². The van der Waals surface area contributed by atoms with Crippen LogP contribution in [0.2, 0.25) is 0 Å². The Hall–Kier alpha value is -3.85. The van der Waals surface area contributed by atoms with Gasteiger partial charge in [-0.25, -0.2) is 9.67 Å². The number of nitrogens with zero attached hydrogens (tertiary/aromatic N) is 7. The molecule has 4 aromatic rings. The van der Waals surface area contributed by atoms with Gasteiger partial charge in [-0.15, -0.1) is 10.2 Å². The molecule has 11 nitrogen and oxygen atoms in total. The summed E-state index contributed by atoms with van der Waals surface area (Å²) in [6.45, 7) is 3.87. The Labute approximate surface area is 221 Å². The molecule has 0 aliphatic heterocycles. The predicted molar refractivity (Wildman–Crippen MR) is 140 cm³/mol. The van der Waals surface area contributed by atoms with Crippen molar-refractivity contribution in [1.29, 1.82) is 5.26 Å². The highest BCUT2D eigenvalue weighted by Crippen LogP contribution is 2.39. The summed E-state index contributed by atoms with van der Waals surface area (Å²) in [4.78, 5) is 21.5. The first-order chi connectivity index (χ1) is 17.8. The number of carbonyl (C=O) groups excluding carboxylic acids is 1. The number of benzene rings is 1. The van der Waals surface area contributed by atoms with E-state index in [0.29, 0.717) is 40.8 Å². The number of aromatic nitrogens is 6. The van der Waals surface area contributed by atoms with E-state index in [1.807, 2.05) is 38.1 Å². The zero-order chi connectivity index (χ0) is 26.2. The normalized spacial score (nSPS) is 20.0. The van der Waals surface area contributed by atoms with Crippen LogP contribution in [-0.4, -0.2) is 48.9 Å². The van der Waals surface area contributed by atoms with E-state index in [0.717, 1.165) is 29.5 Å². The number of anilines is 1. The van der Waals surface area contributed by atoms with Gasteiger partial charge in [0.05, 0.1) is 17.1 Å². The van der Waals surface area contributed by atoms with E-state index in [1.165, 1.54) is 0 Å². The van der Waals surface area contributed by atoms with E-state index >= 15 is 0 Å². The molecule has 1 fully saturated rings. The standard InChI is InChI=1S/C25H26BrN9O2/c1-14(9-11-27)21-32-33-22(37-21)15-4-6-17(7-5-15)35-20-18(19(26)34-35)13-29-24(31-20)30-16-8-10-25(2,12-16)23(36)28-3/h4-7,13-14,16H,8-10,12H2,1-3H3,(H,28,36)(H,29,30,31)/t14?,16-,25-/m1/s1. The van der Waals surface area contributed by atoms with Gasteiger partial charge in [-0.3, -0.25) is 4.79 Å². The second kappa shape index (κ2) is 9.89. The number of hydrogen-bond donors (Lipinski definition) is 2. The van der Waals surface area contributed by atoms with Crippen molar-refractivity contribution in [2.75, 3.05) is 12.4 Å². The Morgan fingerprint density at radius 2 is 2.14 bits per heavy atom. The smallest absolute Gasteiger partial charge is 0.247 e. The average Bonchev–Trinajstić information content (AvgIpc) is 3.62. The Kier molecular flexibility index (Phi) is 6.64. The minimum absolute atomic E-state index is 0.0621. The van der Waals surface area contributed by atoms with Gasteiger partial charge in [0.2, 0.25) is 23.6 Å². The number of carbonyl (C=O) groups is 1. The Morgan fingerprint density at radius 1 is 1.35 bits per heavy atom. The minimum Gasteiger partial charge on any atom is -0.420 e. The molecule has 3 atom stereocenters. The molecule has 1 saturated carbocycles. The summed E-state index contributed by atoms with van der Waals surface area (Å²) < 4.78 is 8.14. The van der Waals surface area contributed by atoms with Crippen LogP contribution in [0.3, 0.4) is 0 Å². The second-order valence-electron chi connectivity index (χ2n) is 9.61. The molecule has 1 unspecified atom stereocenters. The van der Waals surface area contributed by atoms with Crippen molar-refractivity contribution in [3.63, 3.8) is 0 Å². The lowest BCUT2D eigenvalue weighted by Gasteiger charge is -2.22. The molecular weight excluding hydrogens is 538 g/mol. The lowest BCUT2D eigenvalue weighted by Crippen LogP contribution is -2.35. The van der Waals surface area contributed by atoms with Gasteiger partial charge >= 0.3 is 0 Å². The molecule has 37 heavy (non-hydrogen) atoms. The molecule has 3 heterocycles. The van der Waals surface area contributed by atoms with Gasteiger partial charge in [0.15, 0.2) is 5.65 Å². The highest BCUT2D eigenvalue weighted by molar-refractivity contribution is 9.10. The largest absolute Gasteiger partial charge is 0.420 e. The molecule has 0 saturated heterocycles. The first-order valence-electron chi connectivity index (χ1n) is 12.0. The zero-order valence-electron chi connectivity index (χ0n) is 20.7. The average molecular weight is 564 g/mol. The zero-order valence-corrected chi connectivity index (χ0v) is 22.3. The van der Waals surface area contributed by atoms with Crippen molar-refractivity contribution in [3.05, 3.63) is 41.0 Å². The van der Waals surface area contributed by atoms with E-state index in [4.69, 9.17) is 14.7 Å². The third kappa shape index (κ3) is 4.79. The number of fused-ring (bicyclic) bond motifs is 1. The molecule has 5 rings (SSSR count). The Bertz CT molecular complexity index is 1490. The summed E-state index contributed by atoms with van der Waals surface area (Å²) in [5, 5.41) is 28.7. The minimum atomic E-state index is -0.393. The maximum atomic E-state index is 12.3. The molecule has 12 heteroatoms. The molecule has 190 valence electrons. The number of halogens is 1. The van der Waals surface area contributed by atoms with Crippen molar-refractivity contribution in [3.8, 4) is 23.2 Å². The fraction of sp³-hybridized carbons (Fsp3) is 0.400. The van der Waals surface area contributed by atoms with Gasteiger partial charge in [-0.05, 0) is 59.5 Å². The first kappa shape index (κ1) is 24.8. The van der Waals surface area contributed by atoms with Crippen molar-refractivity contribution >= 4 is 38.8 Å². The number of hydrogen-bond acceptors (Lipinski definition) is 9. The number of amides is 1. The Morgan fingerprint density at radius 3 is 2.86 bits per heavy atom. The predicted octanol–water partition coefficient (Wildman–Crippen LogP) is 4.36. The fourth-order valence-corrected chi connectivity index (χ4v) is 5.13. The van der Waals surface area contributed by atoms with Crippen molar-refractivity contribution in [2.24, 2.45) is 5.41 Å². The fourth-order valence-electron chi connectivity index (χ4n) is 4.69. The van der Waals surface area contributed by atoms with E-state index in [1.54, 1.807) is 17.9 Å². The molecule has 3 aromatic heterocycles. The van der Waals surface area contributed by atoms with E-state index in [2.05, 4.69) is 52.9 Å². The molecular formula is C25H26BrN9O2. The van der Waals surface area contributed by atoms with Crippen molar-refractivity contribution in [1.82, 2.24) is 35.3 Å². The van der Waals surface area contributed by atoms with Crippen LogP contribution in [0, 0.1) is 16.7 Å². The van der Waals surface area contributed by atoms with Crippen LogP contribution in [0.5, 0.6) is 0 Å². The monoisotopic (exact) mass is 563 g/mol. The summed E-state index contributed by atoms with van der Waals surface area (Å²) in [5.74, 6) is 1.27. The molecule has 1 aliphatic rings. The van der Waals surface area contributed by atoms with Gasteiger partial charge in [0, 0.05) is 42.6 Å². The van der Waals surface area contributed by atoms with Gasteiger partial charge in [-0.2, -0.15) is 15.3 Å². The third-order valence-electron chi connectivity index (χ3n) is 6.85. The molecule has 1 aromatic carbocycles. The summed E-state index contributed by atoms with van der Waals surface area (Å²) in [7, 11) is 1.67. The lowest BCUT2D eigenvalue weighted by molar-refractivity contribution is -0.129.